The Balaban J connectivity index is 2.50. The molecule has 0 atom stereocenters. The van der Waals surface area contributed by atoms with Crippen molar-refractivity contribution in [1.82, 2.24) is 5.32 Å². The summed E-state index contributed by atoms with van der Waals surface area (Å²) in [6.07, 6.45) is 0.945. The normalized spacial score (nSPS) is 10.8. The van der Waals surface area contributed by atoms with Gasteiger partial charge < -0.3 is 15.8 Å². The summed E-state index contributed by atoms with van der Waals surface area (Å²) in [5, 5.41) is 2.59. The Morgan fingerprint density at radius 3 is 2.59 bits per heavy atom. The monoisotopic (exact) mass is 234 g/mol. The lowest BCUT2D eigenvalue weighted by Gasteiger charge is -2.04. The lowest BCUT2D eigenvalue weighted by atomic mass is 10.2. The molecule has 1 rings (SSSR count). The van der Waals surface area contributed by atoms with E-state index in [9.17, 15) is 9.59 Å². The first-order valence-electron chi connectivity index (χ1n) is 5.00. The SMILES string of the molecule is COC(=O)/C=C(\N)C(=O)NCc1ccccc1. The maximum atomic E-state index is 11.5. The van der Waals surface area contributed by atoms with Gasteiger partial charge in [0.25, 0.3) is 5.91 Å². The second-order valence-electron chi connectivity index (χ2n) is 3.29. The van der Waals surface area contributed by atoms with Crippen molar-refractivity contribution in [2.45, 2.75) is 6.54 Å². The molecule has 0 spiro atoms. The molecule has 90 valence electrons. The number of methoxy groups -OCH3 is 1. The van der Waals surface area contributed by atoms with Crippen molar-refractivity contribution in [1.29, 1.82) is 0 Å². The zero-order valence-corrected chi connectivity index (χ0v) is 9.47. The Hall–Kier alpha value is -2.30. The number of nitrogens with one attached hydrogen (secondary N) is 1. The number of rotatable bonds is 4. The number of carbonyl (C=O) groups excluding carboxylic acids is 2. The molecule has 3 N–H and O–H groups in total. The first kappa shape index (κ1) is 12.8. The Bertz CT molecular complexity index is 427. The van der Waals surface area contributed by atoms with Crippen LogP contribution in [-0.4, -0.2) is 19.0 Å². The molecule has 0 aliphatic carbocycles. The van der Waals surface area contributed by atoms with Crippen LogP contribution in [0.1, 0.15) is 5.56 Å². The van der Waals surface area contributed by atoms with Crippen molar-refractivity contribution in [2.24, 2.45) is 5.73 Å². The number of esters is 1. The van der Waals surface area contributed by atoms with Gasteiger partial charge >= 0.3 is 5.97 Å². The van der Waals surface area contributed by atoms with Gasteiger partial charge in [-0.05, 0) is 5.56 Å². The zero-order chi connectivity index (χ0) is 12.7. The van der Waals surface area contributed by atoms with Crippen LogP contribution in [0, 0.1) is 0 Å². The van der Waals surface area contributed by atoms with Gasteiger partial charge in [-0.15, -0.1) is 0 Å². The van der Waals surface area contributed by atoms with Gasteiger partial charge in [0.1, 0.15) is 5.70 Å². The van der Waals surface area contributed by atoms with Crippen molar-refractivity contribution < 1.29 is 14.3 Å². The molecule has 0 saturated heterocycles. The highest BCUT2D eigenvalue weighted by atomic mass is 16.5. The molecule has 1 aromatic carbocycles. The fourth-order valence-electron chi connectivity index (χ4n) is 1.13. The van der Waals surface area contributed by atoms with Crippen molar-refractivity contribution >= 4 is 11.9 Å². The number of carbonyl (C=O) groups is 2. The van der Waals surface area contributed by atoms with Gasteiger partial charge in [0.05, 0.1) is 13.2 Å². The van der Waals surface area contributed by atoms with E-state index in [1.807, 2.05) is 30.3 Å². The van der Waals surface area contributed by atoms with E-state index in [4.69, 9.17) is 5.73 Å². The molecule has 1 amide bonds. The minimum atomic E-state index is -0.655. The average Bonchev–Trinajstić information content (AvgIpc) is 2.36. The van der Waals surface area contributed by atoms with Gasteiger partial charge in [-0.2, -0.15) is 0 Å². The van der Waals surface area contributed by atoms with Gasteiger partial charge in [-0.3, -0.25) is 4.79 Å². The molecular weight excluding hydrogens is 220 g/mol. The van der Waals surface area contributed by atoms with E-state index in [1.165, 1.54) is 7.11 Å². The van der Waals surface area contributed by atoms with Gasteiger partial charge in [-0.1, -0.05) is 30.3 Å². The molecule has 0 bridgehead atoms. The van der Waals surface area contributed by atoms with Crippen LogP contribution in [0.4, 0.5) is 0 Å². The largest absolute Gasteiger partial charge is 0.466 e. The van der Waals surface area contributed by atoms with Crippen LogP contribution in [0.3, 0.4) is 0 Å². The summed E-state index contributed by atoms with van der Waals surface area (Å²) in [5.74, 6) is -1.16. The Morgan fingerprint density at radius 2 is 2.00 bits per heavy atom. The highest BCUT2D eigenvalue weighted by Gasteiger charge is 2.07. The molecule has 0 heterocycles. The van der Waals surface area contributed by atoms with Gasteiger partial charge in [0, 0.05) is 6.54 Å². The third-order valence-electron chi connectivity index (χ3n) is 2.03. The predicted octanol–water partition coefficient (Wildman–Crippen LogP) is 0.318. The molecule has 5 heteroatoms. The van der Waals surface area contributed by atoms with Crippen molar-refractivity contribution in [2.75, 3.05) is 7.11 Å². The van der Waals surface area contributed by atoms with Crippen LogP contribution in [0.15, 0.2) is 42.1 Å². The third-order valence-corrected chi connectivity index (χ3v) is 2.03. The first-order valence-corrected chi connectivity index (χ1v) is 5.00. The lowest BCUT2D eigenvalue weighted by Crippen LogP contribution is -2.28. The topological polar surface area (TPSA) is 81.4 Å². The van der Waals surface area contributed by atoms with Gasteiger partial charge in [0.2, 0.25) is 0 Å². The number of hydrogen-bond donors (Lipinski definition) is 2. The molecule has 0 unspecified atom stereocenters. The number of ether oxygens (including phenoxy) is 1. The summed E-state index contributed by atoms with van der Waals surface area (Å²) in [5.41, 5.74) is 6.18. The van der Waals surface area contributed by atoms with E-state index in [0.29, 0.717) is 6.54 Å². The van der Waals surface area contributed by atoms with Crippen molar-refractivity contribution in [3.05, 3.63) is 47.7 Å². The molecule has 1 aromatic rings. The fourth-order valence-corrected chi connectivity index (χ4v) is 1.13. The second kappa shape index (κ2) is 6.32. The van der Waals surface area contributed by atoms with E-state index in [1.54, 1.807) is 0 Å². The second-order valence-corrected chi connectivity index (χ2v) is 3.29. The minimum Gasteiger partial charge on any atom is -0.466 e. The van der Waals surface area contributed by atoms with E-state index in [2.05, 4.69) is 10.1 Å². The first-order chi connectivity index (χ1) is 8.13. The van der Waals surface area contributed by atoms with Crippen molar-refractivity contribution in [3.63, 3.8) is 0 Å². The molecular formula is C12H14N2O3. The van der Waals surface area contributed by atoms with Crippen LogP contribution in [0.5, 0.6) is 0 Å². The summed E-state index contributed by atoms with van der Waals surface area (Å²) < 4.78 is 4.36. The summed E-state index contributed by atoms with van der Waals surface area (Å²) in [4.78, 5) is 22.3. The number of nitrogens with two attached hydrogens (primary N) is 1. The molecule has 0 saturated carbocycles. The minimum absolute atomic E-state index is 0.173. The number of hydrogen-bond acceptors (Lipinski definition) is 4. The number of benzene rings is 1. The molecule has 0 aliphatic heterocycles. The summed E-state index contributed by atoms with van der Waals surface area (Å²) in [7, 11) is 1.22. The lowest BCUT2D eigenvalue weighted by molar-refractivity contribution is -0.135. The van der Waals surface area contributed by atoms with Crippen LogP contribution in [0.2, 0.25) is 0 Å². The van der Waals surface area contributed by atoms with Crippen LogP contribution < -0.4 is 11.1 Å². The van der Waals surface area contributed by atoms with Crippen LogP contribution >= 0.6 is 0 Å². The van der Waals surface area contributed by atoms with Crippen LogP contribution in [-0.2, 0) is 20.9 Å². The standard InChI is InChI=1S/C12H14N2O3/c1-17-11(15)7-10(13)12(16)14-8-9-5-3-2-4-6-9/h2-7H,8,13H2,1H3,(H,14,16)/b10-7-. The maximum Gasteiger partial charge on any atom is 0.332 e. The van der Waals surface area contributed by atoms with Gasteiger partial charge in [0.15, 0.2) is 0 Å². The quantitative estimate of drug-likeness (QED) is 0.580. The Morgan fingerprint density at radius 1 is 1.35 bits per heavy atom. The summed E-state index contributed by atoms with van der Waals surface area (Å²) in [6.45, 7) is 0.357. The zero-order valence-electron chi connectivity index (χ0n) is 9.47. The molecule has 0 fully saturated rings. The van der Waals surface area contributed by atoms with Gasteiger partial charge in [-0.25, -0.2) is 4.79 Å². The Kier molecular flexibility index (Phi) is 4.75. The van der Waals surface area contributed by atoms with E-state index in [-0.39, 0.29) is 5.70 Å². The number of amides is 1. The summed E-state index contributed by atoms with van der Waals surface area (Å²) in [6, 6.07) is 9.38. The average molecular weight is 234 g/mol. The molecule has 0 aliphatic rings. The van der Waals surface area contributed by atoms with E-state index < -0.39 is 11.9 Å². The highest BCUT2D eigenvalue weighted by molar-refractivity contribution is 5.98. The Labute approximate surface area is 99.3 Å². The molecule has 0 radical (unpaired) electrons. The van der Waals surface area contributed by atoms with Crippen molar-refractivity contribution in [3.8, 4) is 0 Å². The summed E-state index contributed by atoms with van der Waals surface area (Å²) >= 11 is 0. The molecule has 0 aromatic heterocycles. The molecule has 5 nitrogen and oxygen atoms in total. The predicted molar refractivity (Wildman–Crippen MR) is 62.6 cm³/mol. The highest BCUT2D eigenvalue weighted by Crippen LogP contribution is 1.97. The fraction of sp³-hybridized carbons (Fsp3) is 0.167. The third kappa shape index (κ3) is 4.38. The smallest absolute Gasteiger partial charge is 0.332 e. The van der Waals surface area contributed by atoms with E-state index >= 15 is 0 Å². The van der Waals surface area contributed by atoms with Crippen LogP contribution in [0.25, 0.3) is 0 Å². The molecule has 17 heavy (non-hydrogen) atoms. The maximum absolute atomic E-state index is 11.5. The van der Waals surface area contributed by atoms with E-state index in [0.717, 1.165) is 11.6 Å².